The van der Waals surface area contributed by atoms with E-state index in [1.54, 1.807) is 0 Å². The molecule has 1 aliphatic heterocycles. The van der Waals surface area contributed by atoms with Crippen molar-refractivity contribution in [1.29, 1.82) is 0 Å². The van der Waals surface area contributed by atoms with Gasteiger partial charge in [0.25, 0.3) is 0 Å². The highest BCUT2D eigenvalue weighted by Gasteiger charge is 2.25. The molecule has 1 aromatic rings. The molecule has 0 spiro atoms. The number of aryl methyl sites for hydroxylation is 1. The lowest BCUT2D eigenvalue weighted by Crippen LogP contribution is -2.49. The lowest BCUT2D eigenvalue weighted by atomic mass is 9.91. The van der Waals surface area contributed by atoms with Gasteiger partial charge in [0, 0.05) is 32.6 Å². The molecule has 1 saturated heterocycles. The molecule has 0 aliphatic carbocycles. The Hall–Kier alpha value is -1.65. The van der Waals surface area contributed by atoms with E-state index in [0.29, 0.717) is 6.42 Å². The summed E-state index contributed by atoms with van der Waals surface area (Å²) >= 11 is 0. The SMILES string of the molecule is Cc1ccc(N2CCN(C(=O)CC(C)(C)C)CC2)nn1. The van der Waals surface area contributed by atoms with Gasteiger partial charge < -0.3 is 9.80 Å². The molecule has 0 aromatic carbocycles. The number of aromatic nitrogens is 2. The highest BCUT2D eigenvalue weighted by Crippen LogP contribution is 2.21. The highest BCUT2D eigenvalue weighted by molar-refractivity contribution is 5.77. The standard InChI is InChI=1S/C15H24N4O/c1-12-5-6-13(17-16-12)18-7-9-19(10-8-18)14(20)11-15(2,3)4/h5-6H,7-11H2,1-4H3. The van der Waals surface area contributed by atoms with Crippen LogP contribution in [-0.2, 0) is 4.79 Å². The zero-order valence-electron chi connectivity index (χ0n) is 12.9. The number of carbonyl (C=O) groups is 1. The van der Waals surface area contributed by atoms with Crippen LogP contribution in [0.25, 0.3) is 0 Å². The molecule has 0 bridgehead atoms. The second-order valence-electron chi connectivity index (χ2n) is 6.64. The Balaban J connectivity index is 1.89. The molecule has 20 heavy (non-hydrogen) atoms. The van der Waals surface area contributed by atoms with Gasteiger partial charge >= 0.3 is 0 Å². The van der Waals surface area contributed by atoms with Crippen LogP contribution in [0, 0.1) is 12.3 Å². The van der Waals surface area contributed by atoms with Crippen molar-refractivity contribution >= 4 is 11.7 Å². The lowest BCUT2D eigenvalue weighted by molar-refractivity contribution is -0.133. The number of nitrogens with zero attached hydrogens (tertiary/aromatic N) is 4. The summed E-state index contributed by atoms with van der Waals surface area (Å²) in [5, 5.41) is 8.29. The van der Waals surface area contributed by atoms with E-state index >= 15 is 0 Å². The van der Waals surface area contributed by atoms with E-state index in [0.717, 1.165) is 37.7 Å². The first kappa shape index (κ1) is 14.8. The van der Waals surface area contributed by atoms with Crippen molar-refractivity contribution in [3.05, 3.63) is 17.8 Å². The molecule has 0 N–H and O–H groups in total. The van der Waals surface area contributed by atoms with Crippen molar-refractivity contribution in [2.24, 2.45) is 5.41 Å². The maximum absolute atomic E-state index is 12.2. The molecule has 5 nitrogen and oxygen atoms in total. The van der Waals surface area contributed by atoms with Crippen LogP contribution in [0.3, 0.4) is 0 Å². The van der Waals surface area contributed by atoms with E-state index in [1.807, 2.05) is 24.0 Å². The second kappa shape index (κ2) is 5.77. The number of amides is 1. The third-order valence-corrected chi connectivity index (χ3v) is 3.42. The van der Waals surface area contributed by atoms with Crippen LogP contribution in [0.5, 0.6) is 0 Å². The summed E-state index contributed by atoms with van der Waals surface area (Å²) in [4.78, 5) is 16.3. The Morgan fingerprint density at radius 3 is 2.30 bits per heavy atom. The van der Waals surface area contributed by atoms with Crippen LogP contribution >= 0.6 is 0 Å². The summed E-state index contributed by atoms with van der Waals surface area (Å²) < 4.78 is 0. The Morgan fingerprint density at radius 2 is 1.80 bits per heavy atom. The lowest BCUT2D eigenvalue weighted by Gasteiger charge is -2.36. The van der Waals surface area contributed by atoms with E-state index in [9.17, 15) is 4.79 Å². The average molecular weight is 276 g/mol. The Labute approximate surface area is 121 Å². The van der Waals surface area contributed by atoms with E-state index < -0.39 is 0 Å². The fourth-order valence-corrected chi connectivity index (χ4v) is 2.31. The van der Waals surface area contributed by atoms with Crippen LogP contribution in [0.4, 0.5) is 5.82 Å². The number of hydrogen-bond acceptors (Lipinski definition) is 4. The molecule has 1 aliphatic rings. The fraction of sp³-hybridized carbons (Fsp3) is 0.667. The molecular formula is C15H24N4O. The summed E-state index contributed by atoms with van der Waals surface area (Å²) in [7, 11) is 0. The van der Waals surface area contributed by atoms with Gasteiger partial charge in [-0.3, -0.25) is 4.79 Å². The van der Waals surface area contributed by atoms with E-state index in [1.165, 1.54) is 0 Å². The molecule has 1 amide bonds. The molecule has 5 heteroatoms. The second-order valence-corrected chi connectivity index (χ2v) is 6.64. The zero-order valence-corrected chi connectivity index (χ0v) is 12.9. The van der Waals surface area contributed by atoms with Gasteiger partial charge in [0.2, 0.25) is 5.91 Å². The first-order valence-corrected chi connectivity index (χ1v) is 7.18. The average Bonchev–Trinajstić information content (AvgIpc) is 2.38. The van der Waals surface area contributed by atoms with Gasteiger partial charge in [-0.05, 0) is 24.5 Å². The molecule has 2 rings (SSSR count). The summed E-state index contributed by atoms with van der Waals surface area (Å²) in [6.07, 6.45) is 0.608. The van der Waals surface area contributed by atoms with Crippen molar-refractivity contribution in [3.8, 4) is 0 Å². The van der Waals surface area contributed by atoms with Gasteiger partial charge in [0.15, 0.2) is 5.82 Å². The van der Waals surface area contributed by atoms with Crippen molar-refractivity contribution in [2.45, 2.75) is 34.1 Å². The minimum absolute atomic E-state index is 0.0522. The van der Waals surface area contributed by atoms with Gasteiger partial charge in [-0.1, -0.05) is 20.8 Å². The highest BCUT2D eigenvalue weighted by atomic mass is 16.2. The number of rotatable bonds is 2. The largest absolute Gasteiger partial charge is 0.352 e. The molecule has 1 fully saturated rings. The van der Waals surface area contributed by atoms with Crippen LogP contribution in [0.2, 0.25) is 0 Å². The third-order valence-electron chi connectivity index (χ3n) is 3.42. The predicted octanol–water partition coefficient (Wildman–Crippen LogP) is 1.87. The Bertz CT molecular complexity index is 456. The molecule has 0 saturated carbocycles. The number of piperazine rings is 1. The molecule has 0 radical (unpaired) electrons. The maximum Gasteiger partial charge on any atom is 0.223 e. The summed E-state index contributed by atoms with van der Waals surface area (Å²) in [6, 6.07) is 3.97. The van der Waals surface area contributed by atoms with Crippen LogP contribution < -0.4 is 4.90 Å². The molecule has 1 aromatic heterocycles. The van der Waals surface area contributed by atoms with Crippen LogP contribution in [0.15, 0.2) is 12.1 Å². The Kier molecular flexibility index (Phi) is 4.26. The van der Waals surface area contributed by atoms with E-state index in [2.05, 4.69) is 35.9 Å². The third kappa shape index (κ3) is 3.92. The quantitative estimate of drug-likeness (QED) is 0.827. The summed E-state index contributed by atoms with van der Waals surface area (Å²) in [6.45, 7) is 11.4. The Morgan fingerprint density at radius 1 is 1.15 bits per heavy atom. The van der Waals surface area contributed by atoms with Crippen molar-refractivity contribution in [2.75, 3.05) is 31.1 Å². The van der Waals surface area contributed by atoms with Crippen molar-refractivity contribution in [1.82, 2.24) is 15.1 Å². The first-order valence-electron chi connectivity index (χ1n) is 7.18. The monoisotopic (exact) mass is 276 g/mol. The first-order chi connectivity index (χ1) is 9.35. The van der Waals surface area contributed by atoms with E-state index in [-0.39, 0.29) is 11.3 Å². The summed E-state index contributed by atoms with van der Waals surface area (Å²) in [5.41, 5.74) is 0.976. The van der Waals surface area contributed by atoms with Gasteiger partial charge in [0.1, 0.15) is 0 Å². The van der Waals surface area contributed by atoms with Crippen LogP contribution in [-0.4, -0.2) is 47.2 Å². The van der Waals surface area contributed by atoms with E-state index in [4.69, 9.17) is 0 Å². The molecule has 2 heterocycles. The smallest absolute Gasteiger partial charge is 0.223 e. The molecular weight excluding hydrogens is 252 g/mol. The molecule has 110 valence electrons. The number of hydrogen-bond donors (Lipinski definition) is 0. The fourth-order valence-electron chi connectivity index (χ4n) is 2.31. The minimum Gasteiger partial charge on any atom is -0.352 e. The van der Waals surface area contributed by atoms with Gasteiger partial charge in [0.05, 0.1) is 5.69 Å². The maximum atomic E-state index is 12.2. The zero-order chi connectivity index (χ0) is 14.8. The minimum atomic E-state index is 0.0522. The number of carbonyl (C=O) groups excluding carboxylic acids is 1. The van der Waals surface area contributed by atoms with Crippen molar-refractivity contribution < 1.29 is 4.79 Å². The van der Waals surface area contributed by atoms with Gasteiger partial charge in [-0.25, -0.2) is 0 Å². The topological polar surface area (TPSA) is 49.3 Å². The molecule has 0 atom stereocenters. The number of anilines is 1. The summed E-state index contributed by atoms with van der Waals surface area (Å²) in [5.74, 6) is 1.16. The van der Waals surface area contributed by atoms with Gasteiger partial charge in [-0.15, -0.1) is 5.10 Å². The molecule has 0 unspecified atom stereocenters. The van der Waals surface area contributed by atoms with Gasteiger partial charge in [-0.2, -0.15) is 5.10 Å². The van der Waals surface area contributed by atoms with Crippen molar-refractivity contribution in [3.63, 3.8) is 0 Å². The predicted molar refractivity (Wildman–Crippen MR) is 79.6 cm³/mol. The normalized spacial score (nSPS) is 16.4. The van der Waals surface area contributed by atoms with Crippen LogP contribution in [0.1, 0.15) is 32.9 Å².